The number of likely N-dealkylation sites (N-methyl/N-ethyl adjacent to an activating group) is 1. The van der Waals surface area contributed by atoms with Crippen LogP contribution < -0.4 is 5.32 Å². The van der Waals surface area contributed by atoms with E-state index in [0.717, 1.165) is 0 Å². The fourth-order valence-electron chi connectivity index (χ4n) is 1.91. The van der Waals surface area contributed by atoms with E-state index in [1.165, 1.54) is 0 Å². The van der Waals surface area contributed by atoms with Crippen molar-refractivity contribution in [1.82, 2.24) is 10.2 Å². The van der Waals surface area contributed by atoms with Crippen LogP contribution in [0.3, 0.4) is 0 Å². The predicted octanol–water partition coefficient (Wildman–Crippen LogP) is 0.768. The minimum absolute atomic E-state index is 0.0206. The lowest BCUT2D eigenvalue weighted by molar-refractivity contribution is -0.152. The van der Waals surface area contributed by atoms with E-state index in [9.17, 15) is 9.59 Å². The van der Waals surface area contributed by atoms with E-state index in [0.29, 0.717) is 12.3 Å². The Hall–Kier alpha value is -1.06. The van der Waals surface area contributed by atoms with Crippen molar-refractivity contribution in [1.29, 1.82) is 0 Å². The highest BCUT2D eigenvalue weighted by Gasteiger charge is 2.43. The van der Waals surface area contributed by atoms with Gasteiger partial charge in [0.1, 0.15) is 11.6 Å². The first kappa shape index (κ1) is 12.0. The van der Waals surface area contributed by atoms with Gasteiger partial charge in [-0.25, -0.2) is 0 Å². The van der Waals surface area contributed by atoms with Crippen molar-refractivity contribution in [3.8, 4) is 0 Å². The topological polar surface area (TPSA) is 49.4 Å². The third kappa shape index (κ3) is 2.30. The first-order chi connectivity index (χ1) is 6.75. The number of nitrogens with one attached hydrogen (secondary N) is 1. The molecule has 0 aromatic heterocycles. The lowest BCUT2D eigenvalue weighted by atomic mass is 9.93. The van der Waals surface area contributed by atoms with Crippen LogP contribution in [-0.2, 0) is 9.59 Å². The molecule has 2 amide bonds. The van der Waals surface area contributed by atoms with Gasteiger partial charge in [0.05, 0.1) is 0 Å². The number of hydrogen-bond acceptors (Lipinski definition) is 2. The normalized spacial score (nSPS) is 25.7. The van der Waals surface area contributed by atoms with Crippen LogP contribution in [0.15, 0.2) is 0 Å². The Labute approximate surface area is 91.0 Å². The first-order valence-corrected chi connectivity index (χ1v) is 5.35. The molecule has 1 atom stereocenters. The minimum atomic E-state index is -0.765. The quantitative estimate of drug-likeness (QED) is 0.735. The zero-order chi connectivity index (χ0) is 11.8. The van der Waals surface area contributed by atoms with Gasteiger partial charge in [0.25, 0.3) is 0 Å². The minimum Gasteiger partial charge on any atom is -0.340 e. The average molecular weight is 212 g/mol. The molecular weight excluding hydrogens is 192 g/mol. The molecule has 1 fully saturated rings. The Kier molecular flexibility index (Phi) is 3.07. The first-order valence-electron chi connectivity index (χ1n) is 5.35. The van der Waals surface area contributed by atoms with E-state index in [1.807, 2.05) is 13.8 Å². The summed E-state index contributed by atoms with van der Waals surface area (Å²) in [6.45, 7) is 7.56. The van der Waals surface area contributed by atoms with Gasteiger partial charge in [0.2, 0.25) is 11.8 Å². The number of amides is 2. The molecule has 0 radical (unpaired) electrons. The molecule has 1 unspecified atom stereocenters. The second-order valence-corrected chi connectivity index (χ2v) is 5.18. The van der Waals surface area contributed by atoms with Crippen LogP contribution in [0.25, 0.3) is 0 Å². The van der Waals surface area contributed by atoms with E-state index in [-0.39, 0.29) is 17.9 Å². The van der Waals surface area contributed by atoms with Crippen molar-refractivity contribution in [2.24, 2.45) is 5.92 Å². The number of nitrogens with zero attached hydrogens (tertiary/aromatic N) is 1. The third-order valence-electron chi connectivity index (χ3n) is 2.76. The van der Waals surface area contributed by atoms with Crippen LogP contribution in [0.5, 0.6) is 0 Å². The molecule has 86 valence electrons. The SMILES string of the molecule is CC(C)CC1C(=O)NC(C)(C)C(=O)N1C. The van der Waals surface area contributed by atoms with Crippen molar-refractivity contribution < 1.29 is 9.59 Å². The molecule has 1 heterocycles. The molecule has 1 saturated heterocycles. The van der Waals surface area contributed by atoms with Gasteiger partial charge in [-0.05, 0) is 26.2 Å². The van der Waals surface area contributed by atoms with Gasteiger partial charge in [-0.3, -0.25) is 9.59 Å². The summed E-state index contributed by atoms with van der Waals surface area (Å²) >= 11 is 0. The summed E-state index contributed by atoms with van der Waals surface area (Å²) < 4.78 is 0. The molecule has 4 heteroatoms. The summed E-state index contributed by atoms with van der Waals surface area (Å²) in [7, 11) is 1.70. The maximum Gasteiger partial charge on any atom is 0.248 e. The van der Waals surface area contributed by atoms with Gasteiger partial charge < -0.3 is 10.2 Å². The lowest BCUT2D eigenvalue weighted by Crippen LogP contribution is -2.67. The van der Waals surface area contributed by atoms with Crippen LogP contribution in [-0.4, -0.2) is 35.3 Å². The van der Waals surface area contributed by atoms with Crippen LogP contribution in [0.1, 0.15) is 34.1 Å². The van der Waals surface area contributed by atoms with Gasteiger partial charge in [-0.2, -0.15) is 0 Å². The van der Waals surface area contributed by atoms with E-state index in [2.05, 4.69) is 5.32 Å². The van der Waals surface area contributed by atoms with E-state index in [4.69, 9.17) is 0 Å². The fourth-order valence-corrected chi connectivity index (χ4v) is 1.91. The summed E-state index contributed by atoms with van der Waals surface area (Å²) in [6.07, 6.45) is 0.712. The highest BCUT2D eigenvalue weighted by Crippen LogP contribution is 2.20. The molecule has 1 aliphatic heterocycles. The molecule has 0 aromatic rings. The molecule has 0 bridgehead atoms. The summed E-state index contributed by atoms with van der Waals surface area (Å²) in [6, 6.07) is -0.314. The van der Waals surface area contributed by atoms with Crippen LogP contribution in [0.4, 0.5) is 0 Å². The van der Waals surface area contributed by atoms with E-state index >= 15 is 0 Å². The summed E-state index contributed by atoms with van der Waals surface area (Å²) in [4.78, 5) is 25.3. The highest BCUT2D eigenvalue weighted by atomic mass is 16.2. The summed E-state index contributed by atoms with van der Waals surface area (Å²) in [5, 5.41) is 2.76. The van der Waals surface area contributed by atoms with Crippen LogP contribution in [0, 0.1) is 5.92 Å². The average Bonchev–Trinajstić information content (AvgIpc) is 2.08. The Morgan fingerprint density at radius 3 is 2.40 bits per heavy atom. The van der Waals surface area contributed by atoms with Crippen LogP contribution >= 0.6 is 0 Å². The molecule has 0 aromatic carbocycles. The van der Waals surface area contributed by atoms with Crippen LogP contribution in [0.2, 0.25) is 0 Å². The van der Waals surface area contributed by atoms with Crippen molar-refractivity contribution in [3.05, 3.63) is 0 Å². The summed E-state index contributed by atoms with van der Waals surface area (Å²) in [5.41, 5.74) is -0.765. The second kappa shape index (κ2) is 3.83. The van der Waals surface area contributed by atoms with Crippen molar-refractivity contribution in [2.75, 3.05) is 7.05 Å². The molecule has 15 heavy (non-hydrogen) atoms. The number of carbonyl (C=O) groups excluding carboxylic acids is 2. The maximum absolute atomic E-state index is 11.9. The zero-order valence-electron chi connectivity index (χ0n) is 10.1. The van der Waals surface area contributed by atoms with Crippen molar-refractivity contribution in [3.63, 3.8) is 0 Å². The van der Waals surface area contributed by atoms with Gasteiger partial charge in [0, 0.05) is 7.05 Å². The Bertz CT molecular complexity index is 284. The molecule has 1 N–H and O–H groups in total. The van der Waals surface area contributed by atoms with E-state index in [1.54, 1.807) is 25.8 Å². The second-order valence-electron chi connectivity index (χ2n) is 5.18. The Morgan fingerprint density at radius 2 is 1.93 bits per heavy atom. The number of rotatable bonds is 2. The monoisotopic (exact) mass is 212 g/mol. The zero-order valence-corrected chi connectivity index (χ0v) is 10.1. The standard InChI is InChI=1S/C11H20N2O2/c1-7(2)6-8-9(14)12-11(3,4)10(15)13(8)5/h7-8H,6H2,1-5H3,(H,12,14). The Balaban J connectivity index is 2.85. The molecule has 4 nitrogen and oxygen atoms in total. The smallest absolute Gasteiger partial charge is 0.248 e. The third-order valence-corrected chi connectivity index (χ3v) is 2.76. The van der Waals surface area contributed by atoms with Gasteiger partial charge in [0.15, 0.2) is 0 Å². The molecular formula is C11H20N2O2. The molecule has 0 spiro atoms. The lowest BCUT2D eigenvalue weighted by Gasteiger charge is -2.41. The van der Waals surface area contributed by atoms with Gasteiger partial charge in [-0.1, -0.05) is 13.8 Å². The maximum atomic E-state index is 11.9. The molecule has 0 saturated carbocycles. The van der Waals surface area contributed by atoms with E-state index < -0.39 is 5.54 Å². The fraction of sp³-hybridized carbons (Fsp3) is 0.818. The largest absolute Gasteiger partial charge is 0.340 e. The Morgan fingerprint density at radius 1 is 1.40 bits per heavy atom. The molecule has 0 aliphatic carbocycles. The van der Waals surface area contributed by atoms with Gasteiger partial charge in [-0.15, -0.1) is 0 Å². The molecule has 1 rings (SSSR count). The predicted molar refractivity (Wildman–Crippen MR) is 58.2 cm³/mol. The highest BCUT2D eigenvalue weighted by molar-refractivity contribution is 5.99. The van der Waals surface area contributed by atoms with Crippen molar-refractivity contribution >= 4 is 11.8 Å². The number of piperazine rings is 1. The molecule has 1 aliphatic rings. The van der Waals surface area contributed by atoms with Crippen molar-refractivity contribution in [2.45, 2.75) is 45.7 Å². The summed E-state index contributed by atoms with van der Waals surface area (Å²) in [5.74, 6) is 0.334. The van der Waals surface area contributed by atoms with Gasteiger partial charge >= 0.3 is 0 Å². The number of carbonyl (C=O) groups is 2. The number of hydrogen-bond donors (Lipinski definition) is 1.